The van der Waals surface area contributed by atoms with E-state index in [4.69, 9.17) is 4.74 Å². The van der Waals surface area contributed by atoms with Crippen LogP contribution in [0.4, 0.5) is 0 Å². The molecule has 1 unspecified atom stereocenters. The van der Waals surface area contributed by atoms with Gasteiger partial charge in [-0.1, -0.05) is 54.6 Å². The standard InChI is InChI=1S/C23H23NO3/c1-27-21-13-9-18(10-14-21)16-24-23(26)22(19-5-3-2-4-6-19)15-17-7-11-20(25)12-8-17/h2-14,22,25H,15-16H2,1H3,(H,24,26). The predicted octanol–water partition coefficient (Wildman–Crippen LogP) is 4.04. The molecule has 3 rings (SSSR count). The number of methoxy groups -OCH3 is 1. The molecule has 0 heterocycles. The molecule has 0 saturated carbocycles. The number of nitrogens with one attached hydrogen (secondary N) is 1. The van der Waals surface area contributed by atoms with Crippen LogP contribution in [0.1, 0.15) is 22.6 Å². The van der Waals surface area contributed by atoms with Crippen molar-refractivity contribution in [3.8, 4) is 11.5 Å². The summed E-state index contributed by atoms with van der Waals surface area (Å²) in [6.45, 7) is 0.460. The summed E-state index contributed by atoms with van der Waals surface area (Å²) in [5.74, 6) is 0.692. The van der Waals surface area contributed by atoms with Crippen LogP contribution < -0.4 is 10.1 Å². The summed E-state index contributed by atoms with van der Waals surface area (Å²) in [5.41, 5.74) is 2.99. The molecule has 0 fully saturated rings. The van der Waals surface area contributed by atoms with Gasteiger partial charge in [-0.05, 0) is 47.4 Å². The van der Waals surface area contributed by atoms with E-state index in [0.29, 0.717) is 13.0 Å². The zero-order valence-electron chi connectivity index (χ0n) is 15.3. The van der Waals surface area contributed by atoms with E-state index in [1.54, 1.807) is 19.2 Å². The van der Waals surface area contributed by atoms with Crippen molar-refractivity contribution >= 4 is 5.91 Å². The van der Waals surface area contributed by atoms with Crippen molar-refractivity contribution in [1.82, 2.24) is 5.32 Å². The van der Waals surface area contributed by atoms with E-state index in [-0.39, 0.29) is 17.6 Å². The normalized spacial score (nSPS) is 11.6. The molecule has 3 aromatic rings. The van der Waals surface area contributed by atoms with Gasteiger partial charge in [0.2, 0.25) is 5.91 Å². The summed E-state index contributed by atoms with van der Waals surface area (Å²) in [6, 6.07) is 24.4. The van der Waals surface area contributed by atoms with Gasteiger partial charge in [0, 0.05) is 6.54 Å². The summed E-state index contributed by atoms with van der Waals surface area (Å²) < 4.78 is 5.16. The second-order valence-electron chi connectivity index (χ2n) is 6.40. The molecule has 1 atom stereocenters. The van der Waals surface area contributed by atoms with Crippen LogP contribution in [-0.4, -0.2) is 18.1 Å². The fourth-order valence-electron chi connectivity index (χ4n) is 2.97. The van der Waals surface area contributed by atoms with Gasteiger partial charge < -0.3 is 15.2 Å². The summed E-state index contributed by atoms with van der Waals surface area (Å²) in [6.07, 6.45) is 0.568. The van der Waals surface area contributed by atoms with E-state index in [2.05, 4.69) is 5.32 Å². The minimum absolute atomic E-state index is 0.0231. The summed E-state index contributed by atoms with van der Waals surface area (Å²) in [7, 11) is 1.63. The highest BCUT2D eigenvalue weighted by atomic mass is 16.5. The van der Waals surface area contributed by atoms with Crippen LogP contribution in [-0.2, 0) is 17.8 Å². The third-order valence-electron chi connectivity index (χ3n) is 4.52. The topological polar surface area (TPSA) is 58.6 Å². The highest BCUT2D eigenvalue weighted by molar-refractivity contribution is 5.84. The highest BCUT2D eigenvalue weighted by Gasteiger charge is 2.20. The van der Waals surface area contributed by atoms with Gasteiger partial charge in [0.1, 0.15) is 11.5 Å². The van der Waals surface area contributed by atoms with Crippen molar-refractivity contribution < 1.29 is 14.6 Å². The quantitative estimate of drug-likeness (QED) is 0.668. The number of ether oxygens (including phenoxy) is 1. The van der Waals surface area contributed by atoms with Crippen molar-refractivity contribution in [3.63, 3.8) is 0 Å². The Morgan fingerprint density at radius 1 is 0.926 bits per heavy atom. The molecule has 2 N–H and O–H groups in total. The third kappa shape index (κ3) is 5.11. The molecule has 1 amide bonds. The molecular weight excluding hydrogens is 338 g/mol. The van der Waals surface area contributed by atoms with Crippen LogP contribution in [0.25, 0.3) is 0 Å². The van der Waals surface area contributed by atoms with Gasteiger partial charge in [0.25, 0.3) is 0 Å². The third-order valence-corrected chi connectivity index (χ3v) is 4.52. The first-order chi connectivity index (χ1) is 13.2. The Kier molecular flexibility index (Phi) is 6.10. The smallest absolute Gasteiger partial charge is 0.228 e. The molecule has 0 radical (unpaired) electrons. The minimum atomic E-state index is -0.297. The molecule has 3 aromatic carbocycles. The lowest BCUT2D eigenvalue weighted by Crippen LogP contribution is -2.30. The van der Waals surface area contributed by atoms with E-state index in [1.807, 2.05) is 66.7 Å². The fourth-order valence-corrected chi connectivity index (χ4v) is 2.97. The summed E-state index contributed by atoms with van der Waals surface area (Å²) in [4.78, 5) is 12.9. The first-order valence-corrected chi connectivity index (χ1v) is 8.89. The second-order valence-corrected chi connectivity index (χ2v) is 6.40. The number of carbonyl (C=O) groups excluding carboxylic acids is 1. The van der Waals surface area contributed by atoms with E-state index in [0.717, 1.165) is 22.4 Å². The first kappa shape index (κ1) is 18.5. The Morgan fingerprint density at radius 2 is 1.56 bits per heavy atom. The molecule has 0 aromatic heterocycles. The van der Waals surface area contributed by atoms with Crippen LogP contribution >= 0.6 is 0 Å². The van der Waals surface area contributed by atoms with Crippen molar-refractivity contribution in [1.29, 1.82) is 0 Å². The van der Waals surface area contributed by atoms with Gasteiger partial charge in [-0.2, -0.15) is 0 Å². The predicted molar refractivity (Wildman–Crippen MR) is 106 cm³/mol. The molecule has 138 valence electrons. The monoisotopic (exact) mass is 361 g/mol. The molecule has 0 spiro atoms. The maximum atomic E-state index is 12.9. The molecule has 4 nitrogen and oxygen atoms in total. The first-order valence-electron chi connectivity index (χ1n) is 8.89. The van der Waals surface area contributed by atoms with E-state index >= 15 is 0 Å². The fraction of sp³-hybridized carbons (Fsp3) is 0.174. The van der Waals surface area contributed by atoms with E-state index < -0.39 is 0 Å². The Balaban J connectivity index is 1.72. The maximum Gasteiger partial charge on any atom is 0.228 e. The molecule has 0 aliphatic rings. The number of rotatable bonds is 7. The lowest BCUT2D eigenvalue weighted by Gasteiger charge is -2.18. The van der Waals surface area contributed by atoms with Crippen molar-refractivity contribution in [3.05, 3.63) is 95.6 Å². The number of aromatic hydroxyl groups is 1. The lowest BCUT2D eigenvalue weighted by molar-refractivity contribution is -0.122. The number of carbonyl (C=O) groups is 1. The zero-order valence-corrected chi connectivity index (χ0v) is 15.3. The highest BCUT2D eigenvalue weighted by Crippen LogP contribution is 2.23. The van der Waals surface area contributed by atoms with Crippen molar-refractivity contribution in [2.24, 2.45) is 0 Å². The molecule has 27 heavy (non-hydrogen) atoms. The van der Waals surface area contributed by atoms with E-state index in [1.165, 1.54) is 0 Å². The van der Waals surface area contributed by atoms with Crippen LogP contribution in [0.3, 0.4) is 0 Å². The Hall–Kier alpha value is -3.27. The molecule has 4 heteroatoms. The Bertz CT molecular complexity index is 858. The number of hydrogen-bond acceptors (Lipinski definition) is 3. The SMILES string of the molecule is COc1ccc(CNC(=O)C(Cc2ccc(O)cc2)c2ccccc2)cc1. The van der Waals surface area contributed by atoms with Gasteiger partial charge in [-0.3, -0.25) is 4.79 Å². The van der Waals surface area contributed by atoms with Gasteiger partial charge in [0.05, 0.1) is 13.0 Å². The van der Waals surface area contributed by atoms with Gasteiger partial charge in [-0.25, -0.2) is 0 Å². The summed E-state index contributed by atoms with van der Waals surface area (Å²) >= 11 is 0. The maximum absolute atomic E-state index is 12.9. The molecule has 0 aliphatic heterocycles. The van der Waals surface area contributed by atoms with Crippen molar-refractivity contribution in [2.45, 2.75) is 18.9 Å². The average Bonchev–Trinajstić information content (AvgIpc) is 2.72. The Labute approximate surface area is 159 Å². The number of benzene rings is 3. The number of hydrogen-bond donors (Lipinski definition) is 2. The molecule has 0 aliphatic carbocycles. The zero-order chi connectivity index (χ0) is 19.1. The van der Waals surface area contributed by atoms with E-state index in [9.17, 15) is 9.90 Å². The van der Waals surface area contributed by atoms with Crippen molar-refractivity contribution in [2.75, 3.05) is 7.11 Å². The largest absolute Gasteiger partial charge is 0.508 e. The molecule has 0 bridgehead atoms. The second kappa shape index (κ2) is 8.90. The lowest BCUT2D eigenvalue weighted by atomic mass is 9.91. The van der Waals surface area contributed by atoms with Crippen LogP contribution in [0.15, 0.2) is 78.9 Å². The molecular formula is C23H23NO3. The van der Waals surface area contributed by atoms with Crippen LogP contribution in [0, 0.1) is 0 Å². The number of amides is 1. The van der Waals surface area contributed by atoms with Gasteiger partial charge in [-0.15, -0.1) is 0 Å². The minimum Gasteiger partial charge on any atom is -0.508 e. The summed E-state index contributed by atoms with van der Waals surface area (Å²) in [5, 5.41) is 12.5. The molecule has 0 saturated heterocycles. The van der Waals surface area contributed by atoms with Crippen LogP contribution in [0.2, 0.25) is 0 Å². The average molecular weight is 361 g/mol. The number of phenols is 1. The van der Waals surface area contributed by atoms with Gasteiger partial charge >= 0.3 is 0 Å². The Morgan fingerprint density at radius 3 is 2.19 bits per heavy atom. The van der Waals surface area contributed by atoms with Gasteiger partial charge in [0.15, 0.2) is 0 Å². The van der Waals surface area contributed by atoms with Crippen LogP contribution in [0.5, 0.6) is 11.5 Å². The number of phenolic OH excluding ortho intramolecular Hbond substituents is 1.